The molecule has 2 aromatic carbocycles. The van der Waals surface area contributed by atoms with E-state index in [2.05, 4.69) is 10.5 Å². The Hall–Kier alpha value is -3.15. The second-order valence-electron chi connectivity index (χ2n) is 6.51. The van der Waals surface area contributed by atoms with E-state index in [1.54, 1.807) is 4.90 Å². The third kappa shape index (κ3) is 4.53. The number of nitrogens with zero attached hydrogens (tertiary/aromatic N) is 2. The van der Waals surface area contributed by atoms with Gasteiger partial charge in [0.15, 0.2) is 0 Å². The van der Waals surface area contributed by atoms with Gasteiger partial charge in [-0.2, -0.15) is 0 Å². The van der Waals surface area contributed by atoms with Gasteiger partial charge in [-0.15, -0.1) is 0 Å². The monoisotopic (exact) mass is 365 g/mol. The Bertz CT molecular complexity index is 832. The van der Waals surface area contributed by atoms with Crippen molar-refractivity contribution in [2.24, 2.45) is 5.16 Å². The molecule has 1 N–H and O–H groups in total. The molecule has 2 aromatic rings. The van der Waals surface area contributed by atoms with Gasteiger partial charge in [-0.3, -0.25) is 9.59 Å². The van der Waals surface area contributed by atoms with E-state index in [0.717, 1.165) is 16.8 Å². The van der Waals surface area contributed by atoms with Crippen LogP contribution in [0.2, 0.25) is 0 Å². The number of nitrogens with one attached hydrogen (secondary N) is 1. The fraction of sp³-hybridized carbons (Fsp3) is 0.286. The molecule has 2 amide bonds. The minimum atomic E-state index is -0.135. The summed E-state index contributed by atoms with van der Waals surface area (Å²) >= 11 is 0. The van der Waals surface area contributed by atoms with Gasteiger partial charge in [0.1, 0.15) is 7.11 Å². The molecule has 1 aliphatic rings. The average Bonchev–Trinajstić information content (AvgIpc) is 3.10. The van der Waals surface area contributed by atoms with E-state index in [9.17, 15) is 9.59 Å². The van der Waals surface area contributed by atoms with Crippen molar-refractivity contribution in [2.45, 2.75) is 19.4 Å². The molecular weight excluding hydrogens is 342 g/mol. The Morgan fingerprint density at radius 1 is 1.11 bits per heavy atom. The number of hydrogen-bond donors (Lipinski definition) is 1. The van der Waals surface area contributed by atoms with Gasteiger partial charge in [0.05, 0.1) is 18.3 Å². The first kappa shape index (κ1) is 18.6. The number of hydrogen-bond acceptors (Lipinski definition) is 4. The van der Waals surface area contributed by atoms with Gasteiger partial charge in [-0.05, 0) is 23.3 Å². The molecule has 6 heteroatoms. The van der Waals surface area contributed by atoms with Crippen LogP contribution in [0.4, 0.5) is 0 Å². The van der Waals surface area contributed by atoms with Gasteiger partial charge in [0.2, 0.25) is 5.91 Å². The molecule has 0 aromatic heterocycles. The van der Waals surface area contributed by atoms with Crippen LogP contribution in [0.5, 0.6) is 0 Å². The lowest BCUT2D eigenvalue weighted by atomic mass is 10.0. The topological polar surface area (TPSA) is 71.0 Å². The molecule has 0 saturated carbocycles. The zero-order chi connectivity index (χ0) is 19.2. The van der Waals surface area contributed by atoms with Crippen LogP contribution in [-0.2, 0) is 9.63 Å². The Morgan fingerprint density at radius 2 is 1.78 bits per heavy atom. The van der Waals surface area contributed by atoms with Crippen molar-refractivity contribution in [1.82, 2.24) is 10.2 Å². The molecule has 1 heterocycles. The molecule has 0 spiro atoms. The average molecular weight is 365 g/mol. The van der Waals surface area contributed by atoms with Gasteiger partial charge < -0.3 is 15.1 Å². The summed E-state index contributed by atoms with van der Waals surface area (Å²) < 4.78 is 0. The molecular formula is C21H23N3O3. The van der Waals surface area contributed by atoms with Crippen molar-refractivity contribution in [3.05, 3.63) is 60.2 Å². The molecule has 1 atom stereocenters. The Kier molecular flexibility index (Phi) is 5.86. The van der Waals surface area contributed by atoms with Crippen LogP contribution >= 0.6 is 0 Å². The Balaban J connectivity index is 1.77. The van der Waals surface area contributed by atoms with Gasteiger partial charge >= 0.3 is 0 Å². The maximum atomic E-state index is 13.0. The lowest BCUT2D eigenvalue weighted by molar-refractivity contribution is -0.119. The fourth-order valence-electron chi connectivity index (χ4n) is 3.25. The summed E-state index contributed by atoms with van der Waals surface area (Å²) in [7, 11) is 1.49. The van der Waals surface area contributed by atoms with E-state index >= 15 is 0 Å². The van der Waals surface area contributed by atoms with Gasteiger partial charge in [-0.25, -0.2) is 0 Å². The van der Waals surface area contributed by atoms with E-state index in [4.69, 9.17) is 4.84 Å². The summed E-state index contributed by atoms with van der Waals surface area (Å²) in [5.41, 5.74) is 3.57. The number of carbonyl (C=O) groups is 2. The summed E-state index contributed by atoms with van der Waals surface area (Å²) in [4.78, 5) is 30.9. The molecule has 27 heavy (non-hydrogen) atoms. The third-order valence-electron chi connectivity index (χ3n) is 4.57. The molecule has 0 aliphatic carbocycles. The molecule has 1 saturated heterocycles. The highest BCUT2D eigenvalue weighted by Crippen LogP contribution is 2.22. The first-order valence-electron chi connectivity index (χ1n) is 8.88. The van der Waals surface area contributed by atoms with Crippen molar-refractivity contribution in [3.8, 4) is 11.1 Å². The third-order valence-corrected chi connectivity index (χ3v) is 4.57. The van der Waals surface area contributed by atoms with Crippen LogP contribution in [0.15, 0.2) is 59.8 Å². The van der Waals surface area contributed by atoms with Crippen LogP contribution < -0.4 is 5.32 Å². The maximum absolute atomic E-state index is 13.0. The van der Waals surface area contributed by atoms with Crippen molar-refractivity contribution in [2.75, 3.05) is 20.2 Å². The lowest BCUT2D eigenvalue weighted by Gasteiger charge is -2.24. The number of oxime groups is 1. The predicted molar refractivity (Wildman–Crippen MR) is 104 cm³/mol. The van der Waals surface area contributed by atoms with Crippen LogP contribution in [0, 0.1) is 0 Å². The number of benzene rings is 2. The van der Waals surface area contributed by atoms with Crippen molar-refractivity contribution in [1.29, 1.82) is 0 Å². The largest absolute Gasteiger partial charge is 0.399 e. The molecule has 3 rings (SSSR count). The number of rotatable bonds is 5. The van der Waals surface area contributed by atoms with Crippen LogP contribution in [-0.4, -0.2) is 48.7 Å². The van der Waals surface area contributed by atoms with Crippen molar-refractivity contribution in [3.63, 3.8) is 0 Å². The first-order chi connectivity index (χ1) is 13.1. The van der Waals surface area contributed by atoms with Crippen LogP contribution in [0.1, 0.15) is 23.7 Å². The summed E-state index contributed by atoms with van der Waals surface area (Å²) in [6, 6.07) is 17.5. The highest BCUT2D eigenvalue weighted by molar-refractivity contribution is 6.00. The van der Waals surface area contributed by atoms with Gasteiger partial charge in [-0.1, -0.05) is 47.6 Å². The molecule has 0 radical (unpaired) electrons. The number of likely N-dealkylation sites (tertiary alicyclic amines) is 1. The molecule has 140 valence electrons. The Morgan fingerprint density at radius 3 is 2.41 bits per heavy atom. The summed E-state index contributed by atoms with van der Waals surface area (Å²) in [6.45, 7) is 2.26. The van der Waals surface area contributed by atoms with E-state index in [-0.39, 0.29) is 17.9 Å². The minimum absolute atomic E-state index is 0.0775. The highest BCUT2D eigenvalue weighted by Gasteiger charge is 2.33. The van der Waals surface area contributed by atoms with Crippen LogP contribution in [0.3, 0.4) is 0 Å². The highest BCUT2D eigenvalue weighted by atomic mass is 16.6. The van der Waals surface area contributed by atoms with E-state index < -0.39 is 0 Å². The second kappa shape index (κ2) is 8.49. The number of carbonyl (C=O) groups excluding carboxylic acids is 2. The molecule has 1 fully saturated rings. The fourth-order valence-corrected chi connectivity index (χ4v) is 3.25. The minimum Gasteiger partial charge on any atom is -0.399 e. The predicted octanol–water partition coefficient (Wildman–Crippen LogP) is 2.71. The van der Waals surface area contributed by atoms with E-state index in [0.29, 0.717) is 25.1 Å². The van der Waals surface area contributed by atoms with E-state index in [1.165, 1.54) is 14.0 Å². The normalized spacial score (nSPS) is 17.8. The summed E-state index contributed by atoms with van der Waals surface area (Å²) in [6.07, 6.45) is 0.585. The maximum Gasteiger partial charge on any atom is 0.254 e. The summed E-state index contributed by atoms with van der Waals surface area (Å²) in [5.74, 6) is -0.196. The van der Waals surface area contributed by atoms with Crippen molar-refractivity contribution < 1.29 is 14.4 Å². The number of amides is 2. The molecule has 6 nitrogen and oxygen atoms in total. The zero-order valence-corrected chi connectivity index (χ0v) is 15.5. The SMILES string of the molecule is CO/N=C1/C[C@@H](CNC(C)=O)N(C(=O)c2ccc(-c3ccccc3)cc2)C1. The molecule has 0 bridgehead atoms. The van der Waals surface area contributed by atoms with Crippen molar-refractivity contribution >= 4 is 17.5 Å². The molecule has 1 aliphatic heterocycles. The van der Waals surface area contributed by atoms with Gasteiger partial charge in [0, 0.05) is 25.5 Å². The standard InChI is InChI=1S/C21H23N3O3/c1-15(25)22-13-20-12-19(23-27-2)14-24(20)21(26)18-10-8-17(9-11-18)16-6-4-3-5-7-16/h3-11,20H,12-14H2,1-2H3,(H,22,25)/b23-19-/t20-/m0/s1. The zero-order valence-electron chi connectivity index (χ0n) is 15.5. The molecule has 0 unspecified atom stereocenters. The quantitative estimate of drug-likeness (QED) is 0.828. The van der Waals surface area contributed by atoms with E-state index in [1.807, 2.05) is 54.6 Å². The Labute approximate surface area is 158 Å². The lowest BCUT2D eigenvalue weighted by Crippen LogP contribution is -2.42. The second-order valence-corrected chi connectivity index (χ2v) is 6.51. The summed E-state index contributed by atoms with van der Waals surface area (Å²) in [5, 5.41) is 6.78. The first-order valence-corrected chi connectivity index (χ1v) is 8.88. The van der Waals surface area contributed by atoms with Crippen LogP contribution in [0.25, 0.3) is 11.1 Å². The smallest absolute Gasteiger partial charge is 0.254 e. The van der Waals surface area contributed by atoms with Gasteiger partial charge in [0.25, 0.3) is 5.91 Å².